The number of nitrogens with one attached hydrogen (secondary N) is 2. The molecule has 2 aromatic carbocycles. The van der Waals surface area contributed by atoms with Crippen molar-refractivity contribution in [3.8, 4) is 16.2 Å². The Hall–Kier alpha value is -3.19. The predicted molar refractivity (Wildman–Crippen MR) is 109 cm³/mol. The maximum absolute atomic E-state index is 13.2. The maximum Gasteiger partial charge on any atom is 0.265 e. The number of amides is 2. The molecule has 7 heteroatoms. The molecule has 1 heterocycles. The standard InChI is InChI=1S/C21H19FN2O3S/c1-12-10-18(28-19(12)13-4-6-14(22)7-5-13)21(26)24-17-9-8-15(27-3)11-16(17)20(25)23-2/h4-11H,1-3H3,(H,23,25)(H,24,26). The fraction of sp³-hybridized carbons (Fsp3) is 0.143. The SMILES string of the molecule is CNC(=O)c1cc(OC)ccc1NC(=O)c1cc(C)c(-c2ccc(F)cc2)s1. The molecule has 0 aliphatic rings. The number of ether oxygens (including phenoxy) is 1. The van der Waals surface area contributed by atoms with E-state index in [0.717, 1.165) is 16.0 Å². The molecular weight excluding hydrogens is 379 g/mol. The van der Waals surface area contributed by atoms with Crippen molar-refractivity contribution in [2.45, 2.75) is 6.92 Å². The number of halogens is 1. The van der Waals surface area contributed by atoms with Gasteiger partial charge in [0, 0.05) is 11.9 Å². The van der Waals surface area contributed by atoms with Gasteiger partial charge in [0.05, 0.1) is 23.2 Å². The molecule has 0 saturated heterocycles. The number of benzene rings is 2. The lowest BCUT2D eigenvalue weighted by atomic mass is 10.1. The third-order valence-corrected chi connectivity index (χ3v) is 5.48. The lowest BCUT2D eigenvalue weighted by Gasteiger charge is -2.11. The number of rotatable bonds is 5. The molecule has 144 valence electrons. The molecule has 0 unspecified atom stereocenters. The van der Waals surface area contributed by atoms with Crippen LogP contribution >= 0.6 is 11.3 Å². The average Bonchev–Trinajstić information content (AvgIpc) is 3.10. The summed E-state index contributed by atoms with van der Waals surface area (Å²) in [6.45, 7) is 1.90. The van der Waals surface area contributed by atoms with E-state index in [-0.39, 0.29) is 17.6 Å². The van der Waals surface area contributed by atoms with Gasteiger partial charge in [-0.25, -0.2) is 4.39 Å². The Morgan fingerprint density at radius 3 is 2.39 bits per heavy atom. The van der Waals surface area contributed by atoms with E-state index in [1.807, 2.05) is 6.92 Å². The van der Waals surface area contributed by atoms with Gasteiger partial charge in [0.1, 0.15) is 11.6 Å². The smallest absolute Gasteiger partial charge is 0.265 e. The molecule has 3 rings (SSSR count). The molecule has 28 heavy (non-hydrogen) atoms. The van der Waals surface area contributed by atoms with Gasteiger partial charge in [0.15, 0.2) is 0 Å². The van der Waals surface area contributed by atoms with Gasteiger partial charge in [-0.05, 0) is 54.4 Å². The van der Waals surface area contributed by atoms with E-state index in [2.05, 4.69) is 10.6 Å². The zero-order chi connectivity index (χ0) is 20.3. The molecule has 0 spiro atoms. The van der Waals surface area contributed by atoms with Gasteiger partial charge in [-0.3, -0.25) is 9.59 Å². The van der Waals surface area contributed by atoms with Crippen molar-refractivity contribution in [2.75, 3.05) is 19.5 Å². The fourth-order valence-corrected chi connectivity index (χ4v) is 3.82. The first-order valence-corrected chi connectivity index (χ1v) is 9.32. The largest absolute Gasteiger partial charge is 0.497 e. The van der Waals surface area contributed by atoms with Crippen molar-refractivity contribution >= 4 is 28.8 Å². The second-order valence-corrected chi connectivity index (χ2v) is 7.13. The van der Waals surface area contributed by atoms with Crippen LogP contribution in [-0.2, 0) is 0 Å². The van der Waals surface area contributed by atoms with Crippen molar-refractivity contribution in [2.24, 2.45) is 0 Å². The van der Waals surface area contributed by atoms with Crippen LogP contribution in [0.5, 0.6) is 5.75 Å². The minimum absolute atomic E-state index is 0.308. The summed E-state index contributed by atoms with van der Waals surface area (Å²) in [6.07, 6.45) is 0. The second-order valence-electron chi connectivity index (χ2n) is 6.07. The highest BCUT2D eigenvalue weighted by Gasteiger charge is 2.18. The van der Waals surface area contributed by atoms with Crippen LogP contribution in [0.1, 0.15) is 25.6 Å². The molecule has 3 aromatic rings. The van der Waals surface area contributed by atoms with Gasteiger partial charge in [-0.1, -0.05) is 12.1 Å². The quantitative estimate of drug-likeness (QED) is 0.666. The monoisotopic (exact) mass is 398 g/mol. The first kappa shape index (κ1) is 19.6. The van der Waals surface area contributed by atoms with Gasteiger partial charge in [0.25, 0.3) is 11.8 Å². The summed E-state index contributed by atoms with van der Waals surface area (Å²) in [5, 5.41) is 5.34. The van der Waals surface area contributed by atoms with Gasteiger partial charge in [-0.15, -0.1) is 11.3 Å². The summed E-state index contributed by atoms with van der Waals surface area (Å²) in [6, 6.07) is 12.8. The van der Waals surface area contributed by atoms with E-state index in [0.29, 0.717) is 21.9 Å². The second kappa shape index (κ2) is 8.22. The number of hydrogen-bond donors (Lipinski definition) is 2. The van der Waals surface area contributed by atoms with Crippen LogP contribution in [0.4, 0.5) is 10.1 Å². The summed E-state index contributed by atoms with van der Waals surface area (Å²) >= 11 is 1.31. The number of thiophene rings is 1. The molecule has 0 aliphatic heterocycles. The van der Waals surface area contributed by atoms with Crippen LogP contribution in [-0.4, -0.2) is 26.0 Å². The zero-order valence-electron chi connectivity index (χ0n) is 15.6. The topological polar surface area (TPSA) is 67.4 Å². The molecular formula is C21H19FN2O3S. The van der Waals surface area contributed by atoms with E-state index in [9.17, 15) is 14.0 Å². The van der Waals surface area contributed by atoms with E-state index < -0.39 is 0 Å². The lowest BCUT2D eigenvalue weighted by Crippen LogP contribution is -2.21. The highest BCUT2D eigenvalue weighted by molar-refractivity contribution is 7.17. The zero-order valence-corrected chi connectivity index (χ0v) is 16.4. The molecule has 2 amide bonds. The molecule has 0 atom stereocenters. The maximum atomic E-state index is 13.2. The summed E-state index contributed by atoms with van der Waals surface area (Å²) in [7, 11) is 3.03. The Bertz CT molecular complexity index is 1030. The molecule has 0 aliphatic carbocycles. The van der Waals surface area contributed by atoms with Gasteiger partial charge in [-0.2, -0.15) is 0 Å². The summed E-state index contributed by atoms with van der Waals surface area (Å²) in [4.78, 5) is 26.3. The first-order chi connectivity index (χ1) is 13.4. The van der Waals surface area contributed by atoms with Gasteiger partial charge >= 0.3 is 0 Å². The normalized spacial score (nSPS) is 10.4. The van der Waals surface area contributed by atoms with E-state index in [1.54, 1.807) is 36.4 Å². The number of carbonyl (C=O) groups excluding carboxylic acids is 2. The van der Waals surface area contributed by atoms with Crippen LogP contribution in [0, 0.1) is 12.7 Å². The average molecular weight is 398 g/mol. The number of aryl methyl sites for hydroxylation is 1. The molecule has 1 aromatic heterocycles. The highest BCUT2D eigenvalue weighted by Crippen LogP contribution is 2.33. The summed E-state index contributed by atoms with van der Waals surface area (Å²) < 4.78 is 18.3. The molecule has 2 N–H and O–H groups in total. The van der Waals surface area contributed by atoms with Crippen LogP contribution in [0.3, 0.4) is 0 Å². The molecule has 0 saturated carbocycles. The number of methoxy groups -OCH3 is 1. The van der Waals surface area contributed by atoms with Gasteiger partial charge < -0.3 is 15.4 Å². The Kier molecular flexibility index (Phi) is 5.75. The van der Waals surface area contributed by atoms with E-state index in [4.69, 9.17) is 4.74 Å². The third kappa shape index (κ3) is 4.04. The number of anilines is 1. The van der Waals surface area contributed by atoms with Crippen LogP contribution in [0.15, 0.2) is 48.5 Å². The first-order valence-electron chi connectivity index (χ1n) is 8.50. The van der Waals surface area contributed by atoms with Crippen LogP contribution in [0.25, 0.3) is 10.4 Å². The fourth-order valence-electron chi connectivity index (χ4n) is 2.75. The van der Waals surface area contributed by atoms with Gasteiger partial charge in [0.2, 0.25) is 0 Å². The molecule has 0 fully saturated rings. The van der Waals surface area contributed by atoms with Crippen molar-refractivity contribution in [1.82, 2.24) is 5.32 Å². The number of carbonyl (C=O) groups is 2. The van der Waals surface area contributed by atoms with E-state index >= 15 is 0 Å². The Balaban J connectivity index is 1.89. The number of hydrogen-bond acceptors (Lipinski definition) is 4. The van der Waals surface area contributed by atoms with E-state index in [1.165, 1.54) is 37.6 Å². The van der Waals surface area contributed by atoms with Crippen LogP contribution in [0.2, 0.25) is 0 Å². The Morgan fingerprint density at radius 1 is 1.04 bits per heavy atom. The molecule has 5 nitrogen and oxygen atoms in total. The summed E-state index contributed by atoms with van der Waals surface area (Å²) in [5.41, 5.74) is 2.46. The summed E-state index contributed by atoms with van der Waals surface area (Å²) in [5.74, 6) is -0.445. The Labute approximate surface area is 166 Å². The third-order valence-electron chi connectivity index (χ3n) is 4.19. The molecule has 0 bridgehead atoms. The highest BCUT2D eigenvalue weighted by atomic mass is 32.1. The van der Waals surface area contributed by atoms with Crippen molar-refractivity contribution in [3.05, 3.63) is 70.4 Å². The minimum Gasteiger partial charge on any atom is -0.497 e. The van der Waals surface area contributed by atoms with Crippen molar-refractivity contribution in [1.29, 1.82) is 0 Å². The van der Waals surface area contributed by atoms with Crippen LogP contribution < -0.4 is 15.4 Å². The minimum atomic E-state index is -0.330. The Morgan fingerprint density at radius 2 is 1.75 bits per heavy atom. The van der Waals surface area contributed by atoms with Crippen molar-refractivity contribution in [3.63, 3.8) is 0 Å². The van der Waals surface area contributed by atoms with Crippen molar-refractivity contribution < 1.29 is 18.7 Å². The predicted octanol–water partition coefficient (Wildman–Crippen LogP) is 4.48. The lowest BCUT2D eigenvalue weighted by molar-refractivity contribution is 0.0963. The molecule has 0 radical (unpaired) electrons.